The lowest BCUT2D eigenvalue weighted by atomic mass is 9.91. The summed E-state index contributed by atoms with van der Waals surface area (Å²) >= 11 is 0. The third-order valence-corrected chi connectivity index (χ3v) is 4.20. The van der Waals surface area contributed by atoms with Crippen molar-refractivity contribution in [2.45, 2.75) is 52.8 Å². The van der Waals surface area contributed by atoms with Gasteiger partial charge in [0.2, 0.25) is 0 Å². The van der Waals surface area contributed by atoms with Crippen molar-refractivity contribution in [3.05, 3.63) is 35.4 Å². The summed E-state index contributed by atoms with van der Waals surface area (Å²) in [5, 5.41) is 3.73. The summed E-state index contributed by atoms with van der Waals surface area (Å²) in [6.45, 7) is 8.78. The van der Waals surface area contributed by atoms with E-state index in [1.165, 1.54) is 24.0 Å². The van der Waals surface area contributed by atoms with Gasteiger partial charge in [-0.05, 0) is 35.3 Å². The minimum absolute atomic E-state index is 0.495. The fraction of sp³-hybridized carbons (Fsp3) is 0.647. The van der Waals surface area contributed by atoms with Crippen LogP contribution in [-0.4, -0.2) is 13.2 Å². The van der Waals surface area contributed by atoms with Crippen LogP contribution in [0.2, 0.25) is 0 Å². The van der Waals surface area contributed by atoms with Gasteiger partial charge in [0.1, 0.15) is 0 Å². The van der Waals surface area contributed by atoms with E-state index >= 15 is 0 Å². The van der Waals surface area contributed by atoms with Crippen molar-refractivity contribution in [2.24, 2.45) is 11.3 Å². The van der Waals surface area contributed by atoms with Gasteiger partial charge in [0, 0.05) is 19.7 Å². The molecule has 0 bridgehead atoms. The molecule has 19 heavy (non-hydrogen) atoms. The van der Waals surface area contributed by atoms with Crippen LogP contribution in [-0.2, 0) is 17.9 Å². The number of methoxy groups -OCH3 is 1. The molecule has 1 saturated carbocycles. The second kappa shape index (κ2) is 6.06. The largest absolute Gasteiger partial charge is 0.380 e. The van der Waals surface area contributed by atoms with E-state index in [0.717, 1.165) is 12.5 Å². The van der Waals surface area contributed by atoms with E-state index in [-0.39, 0.29) is 0 Å². The average molecular weight is 261 g/mol. The van der Waals surface area contributed by atoms with E-state index in [4.69, 9.17) is 4.74 Å². The highest BCUT2D eigenvalue weighted by Crippen LogP contribution is 2.40. The van der Waals surface area contributed by atoms with Crippen LogP contribution in [0.5, 0.6) is 0 Å². The van der Waals surface area contributed by atoms with E-state index in [9.17, 15) is 0 Å². The molecule has 106 valence electrons. The molecule has 2 rings (SSSR count). The SMILES string of the molecule is COCc1cccc(CNC2CC(C)(C)CC2C)c1. The van der Waals surface area contributed by atoms with Crippen LogP contribution in [0.4, 0.5) is 0 Å². The zero-order valence-corrected chi connectivity index (χ0v) is 12.7. The molecule has 1 N–H and O–H groups in total. The van der Waals surface area contributed by atoms with Gasteiger partial charge in [-0.15, -0.1) is 0 Å². The minimum Gasteiger partial charge on any atom is -0.380 e. The Kier molecular flexibility index (Phi) is 4.64. The van der Waals surface area contributed by atoms with Gasteiger partial charge in [-0.1, -0.05) is 45.0 Å². The molecule has 0 heterocycles. The fourth-order valence-electron chi connectivity index (χ4n) is 3.41. The van der Waals surface area contributed by atoms with E-state index in [2.05, 4.69) is 50.4 Å². The predicted molar refractivity (Wildman–Crippen MR) is 80.0 cm³/mol. The van der Waals surface area contributed by atoms with Crippen molar-refractivity contribution in [3.8, 4) is 0 Å². The lowest BCUT2D eigenvalue weighted by molar-refractivity contribution is 0.185. The molecule has 1 aromatic carbocycles. The maximum atomic E-state index is 5.18. The lowest BCUT2D eigenvalue weighted by Gasteiger charge is -2.19. The molecular weight excluding hydrogens is 234 g/mol. The monoisotopic (exact) mass is 261 g/mol. The third-order valence-electron chi connectivity index (χ3n) is 4.20. The van der Waals surface area contributed by atoms with E-state index < -0.39 is 0 Å². The van der Waals surface area contributed by atoms with Gasteiger partial charge in [-0.3, -0.25) is 0 Å². The predicted octanol–water partition coefficient (Wildman–Crippen LogP) is 3.75. The number of ether oxygens (including phenoxy) is 1. The lowest BCUT2D eigenvalue weighted by Crippen LogP contribution is -2.31. The van der Waals surface area contributed by atoms with Crippen molar-refractivity contribution in [2.75, 3.05) is 7.11 Å². The molecule has 0 aliphatic heterocycles. The summed E-state index contributed by atoms with van der Waals surface area (Å²) < 4.78 is 5.18. The molecular formula is C17H27NO. The quantitative estimate of drug-likeness (QED) is 0.871. The summed E-state index contributed by atoms with van der Waals surface area (Å²) in [7, 11) is 1.74. The second-order valence-electron chi connectivity index (χ2n) is 6.79. The van der Waals surface area contributed by atoms with E-state index in [1.807, 2.05) is 0 Å². The van der Waals surface area contributed by atoms with Gasteiger partial charge in [0.15, 0.2) is 0 Å². The molecule has 0 saturated heterocycles. The molecule has 0 amide bonds. The average Bonchev–Trinajstić information content (AvgIpc) is 2.61. The number of rotatable bonds is 5. The first-order valence-electron chi connectivity index (χ1n) is 7.30. The van der Waals surface area contributed by atoms with Crippen molar-refractivity contribution < 1.29 is 4.74 Å². The van der Waals surface area contributed by atoms with E-state index in [1.54, 1.807) is 7.11 Å². The summed E-state index contributed by atoms with van der Waals surface area (Å²) in [4.78, 5) is 0. The maximum absolute atomic E-state index is 5.18. The highest BCUT2D eigenvalue weighted by molar-refractivity contribution is 5.23. The molecule has 0 aromatic heterocycles. The van der Waals surface area contributed by atoms with Crippen LogP contribution in [0, 0.1) is 11.3 Å². The Morgan fingerprint density at radius 2 is 2.00 bits per heavy atom. The Morgan fingerprint density at radius 3 is 2.63 bits per heavy atom. The molecule has 1 aromatic rings. The number of hydrogen-bond donors (Lipinski definition) is 1. The van der Waals surface area contributed by atoms with Crippen molar-refractivity contribution in [1.29, 1.82) is 0 Å². The van der Waals surface area contributed by atoms with Gasteiger partial charge in [0.25, 0.3) is 0 Å². The third kappa shape index (κ3) is 4.05. The standard InChI is InChI=1S/C17H27NO/c1-13-9-17(2,3)10-16(13)18-11-14-6-5-7-15(8-14)12-19-4/h5-8,13,16,18H,9-12H2,1-4H3. The van der Waals surface area contributed by atoms with Crippen molar-refractivity contribution in [3.63, 3.8) is 0 Å². The maximum Gasteiger partial charge on any atom is 0.0713 e. The molecule has 1 aliphatic carbocycles. The summed E-state index contributed by atoms with van der Waals surface area (Å²) in [6.07, 6.45) is 2.61. The molecule has 1 fully saturated rings. The van der Waals surface area contributed by atoms with Crippen molar-refractivity contribution in [1.82, 2.24) is 5.32 Å². The molecule has 2 unspecified atom stereocenters. The Balaban J connectivity index is 1.90. The van der Waals surface area contributed by atoms with Crippen LogP contribution in [0.3, 0.4) is 0 Å². The Labute approximate surface area is 117 Å². The normalized spacial score (nSPS) is 25.7. The smallest absolute Gasteiger partial charge is 0.0713 e. The van der Waals surface area contributed by atoms with Crippen LogP contribution >= 0.6 is 0 Å². The fourth-order valence-corrected chi connectivity index (χ4v) is 3.41. The van der Waals surface area contributed by atoms with Gasteiger partial charge in [-0.2, -0.15) is 0 Å². The topological polar surface area (TPSA) is 21.3 Å². The molecule has 2 atom stereocenters. The molecule has 2 nitrogen and oxygen atoms in total. The molecule has 0 radical (unpaired) electrons. The Bertz CT molecular complexity index is 413. The summed E-state index contributed by atoms with van der Waals surface area (Å²) in [5.74, 6) is 0.775. The van der Waals surface area contributed by atoms with Gasteiger partial charge in [-0.25, -0.2) is 0 Å². The summed E-state index contributed by atoms with van der Waals surface area (Å²) in [5.41, 5.74) is 3.10. The first-order chi connectivity index (χ1) is 9.00. The number of hydrogen-bond acceptors (Lipinski definition) is 2. The van der Waals surface area contributed by atoms with E-state index in [0.29, 0.717) is 18.1 Å². The molecule has 1 aliphatic rings. The van der Waals surface area contributed by atoms with Gasteiger partial charge >= 0.3 is 0 Å². The zero-order chi connectivity index (χ0) is 13.9. The summed E-state index contributed by atoms with van der Waals surface area (Å²) in [6, 6.07) is 9.32. The molecule has 0 spiro atoms. The first kappa shape index (κ1) is 14.5. The zero-order valence-electron chi connectivity index (χ0n) is 12.7. The second-order valence-corrected chi connectivity index (χ2v) is 6.79. The van der Waals surface area contributed by atoms with Gasteiger partial charge in [0.05, 0.1) is 6.61 Å². The Hall–Kier alpha value is -0.860. The highest BCUT2D eigenvalue weighted by atomic mass is 16.5. The number of nitrogens with one attached hydrogen (secondary N) is 1. The minimum atomic E-state index is 0.495. The van der Waals surface area contributed by atoms with Gasteiger partial charge < -0.3 is 10.1 Å². The van der Waals surface area contributed by atoms with Crippen molar-refractivity contribution >= 4 is 0 Å². The Morgan fingerprint density at radius 1 is 1.26 bits per heavy atom. The highest BCUT2D eigenvalue weighted by Gasteiger charge is 2.36. The van der Waals surface area contributed by atoms with Crippen LogP contribution in [0.15, 0.2) is 24.3 Å². The first-order valence-corrected chi connectivity index (χ1v) is 7.30. The van der Waals surface area contributed by atoms with Crippen LogP contribution in [0.25, 0.3) is 0 Å². The van der Waals surface area contributed by atoms with Crippen LogP contribution < -0.4 is 5.32 Å². The molecule has 2 heteroatoms. The number of benzene rings is 1. The van der Waals surface area contributed by atoms with Crippen LogP contribution in [0.1, 0.15) is 44.7 Å².